The van der Waals surface area contributed by atoms with E-state index < -0.39 is 16.7 Å². The van der Waals surface area contributed by atoms with Crippen LogP contribution < -0.4 is 16.4 Å². The number of hydrogen-bond donors (Lipinski definition) is 2. The molecule has 1 aromatic heterocycles. The minimum Gasteiger partial charge on any atom is -0.383 e. The van der Waals surface area contributed by atoms with Crippen molar-refractivity contribution in [1.82, 2.24) is 9.97 Å². The Morgan fingerprint density at radius 1 is 1.00 bits per heavy atom. The summed E-state index contributed by atoms with van der Waals surface area (Å²) in [5.74, 6) is -1.75. The predicted octanol–water partition coefficient (Wildman–Crippen LogP) is 0.350. The molecule has 3 rings (SSSR count). The van der Waals surface area contributed by atoms with Gasteiger partial charge in [-0.05, 0) is 6.07 Å². The fraction of sp³-hybridized carbons (Fsp3) is 0. The van der Waals surface area contributed by atoms with Gasteiger partial charge in [0.25, 0.3) is 17.5 Å². The molecule has 0 atom stereocenters. The zero-order chi connectivity index (χ0) is 16.0. The normalized spacial score (nSPS) is 13.4. The van der Waals surface area contributed by atoms with E-state index in [1.165, 1.54) is 12.1 Å². The molecule has 2 amide bonds. The first-order valence-electron chi connectivity index (χ1n) is 5.95. The van der Waals surface area contributed by atoms with Crippen LogP contribution in [0, 0.1) is 10.1 Å². The highest BCUT2D eigenvalue weighted by molar-refractivity contribution is 6.34. The van der Waals surface area contributed by atoms with Crippen LogP contribution in [0.2, 0.25) is 0 Å². The van der Waals surface area contributed by atoms with E-state index in [1.54, 1.807) is 0 Å². The van der Waals surface area contributed by atoms with E-state index in [4.69, 9.17) is 11.5 Å². The summed E-state index contributed by atoms with van der Waals surface area (Å²) in [6, 6.07) is 4.66. The summed E-state index contributed by atoms with van der Waals surface area (Å²) in [6.45, 7) is 0. The van der Waals surface area contributed by atoms with Gasteiger partial charge in [-0.15, -0.1) is 0 Å². The predicted molar refractivity (Wildman–Crippen MR) is 75.1 cm³/mol. The van der Waals surface area contributed by atoms with Crippen LogP contribution in [0.4, 0.5) is 23.3 Å². The number of aromatic nitrogens is 2. The first-order chi connectivity index (χ1) is 10.4. The van der Waals surface area contributed by atoms with Crippen molar-refractivity contribution in [3.63, 3.8) is 0 Å². The van der Waals surface area contributed by atoms with E-state index >= 15 is 0 Å². The van der Waals surface area contributed by atoms with Gasteiger partial charge in [-0.3, -0.25) is 19.7 Å². The van der Waals surface area contributed by atoms with Crippen LogP contribution in [0.25, 0.3) is 0 Å². The van der Waals surface area contributed by atoms with Crippen molar-refractivity contribution in [3.8, 4) is 0 Å². The van der Waals surface area contributed by atoms with Gasteiger partial charge in [-0.2, -0.15) is 9.97 Å². The number of carbonyl (C=O) groups excluding carboxylic acids is 2. The fourth-order valence-corrected chi connectivity index (χ4v) is 2.10. The number of nitro groups is 1. The topological polar surface area (TPSA) is 158 Å². The van der Waals surface area contributed by atoms with Gasteiger partial charge in [0.1, 0.15) is 11.6 Å². The first kappa shape index (κ1) is 13.4. The van der Waals surface area contributed by atoms with Crippen molar-refractivity contribution in [2.75, 3.05) is 16.4 Å². The summed E-state index contributed by atoms with van der Waals surface area (Å²) < 4.78 is 0. The zero-order valence-corrected chi connectivity index (χ0v) is 10.9. The van der Waals surface area contributed by atoms with E-state index in [9.17, 15) is 19.7 Å². The van der Waals surface area contributed by atoms with Crippen LogP contribution in [-0.4, -0.2) is 26.7 Å². The van der Waals surface area contributed by atoms with Gasteiger partial charge in [0, 0.05) is 18.2 Å². The zero-order valence-electron chi connectivity index (χ0n) is 10.9. The molecule has 1 aliphatic heterocycles. The van der Waals surface area contributed by atoms with Crippen LogP contribution in [0.3, 0.4) is 0 Å². The fourth-order valence-electron chi connectivity index (χ4n) is 2.10. The van der Waals surface area contributed by atoms with Crippen molar-refractivity contribution in [2.45, 2.75) is 0 Å². The average Bonchev–Trinajstić information content (AvgIpc) is 2.69. The number of nitrogens with zero attached hydrogens (tertiary/aromatic N) is 4. The number of hydrogen-bond acceptors (Lipinski definition) is 8. The van der Waals surface area contributed by atoms with Gasteiger partial charge >= 0.3 is 0 Å². The molecule has 0 unspecified atom stereocenters. The number of nitro benzene ring substituents is 1. The number of amides is 2. The Morgan fingerprint density at radius 3 is 2.18 bits per heavy atom. The maximum absolute atomic E-state index is 12.3. The molecular formula is C12H8N6O4. The number of imide groups is 1. The van der Waals surface area contributed by atoms with Crippen LogP contribution in [0.5, 0.6) is 0 Å². The van der Waals surface area contributed by atoms with Crippen LogP contribution >= 0.6 is 0 Å². The number of nitrogen functional groups attached to an aromatic ring is 2. The minimum absolute atomic E-state index is 0.00923. The molecule has 10 heteroatoms. The maximum atomic E-state index is 12.3. The number of rotatable bonds is 2. The lowest BCUT2D eigenvalue weighted by molar-refractivity contribution is -0.384. The Balaban J connectivity index is 2.12. The highest BCUT2D eigenvalue weighted by atomic mass is 16.6. The van der Waals surface area contributed by atoms with E-state index in [-0.39, 0.29) is 34.4 Å². The lowest BCUT2D eigenvalue weighted by Gasteiger charge is -2.12. The molecule has 1 aliphatic rings. The number of non-ortho nitro benzene ring substituents is 1. The standard InChI is InChI=1S/C12H8N6O4/c13-8-4-9(14)16-12(15-8)17-10(19)6-2-1-5(18(21)22)3-7(6)11(17)20/h1-4H,(H4,13,14,15,16). The molecule has 22 heavy (non-hydrogen) atoms. The second-order valence-corrected chi connectivity index (χ2v) is 4.45. The molecule has 0 saturated carbocycles. The molecule has 0 fully saturated rings. The molecule has 110 valence electrons. The van der Waals surface area contributed by atoms with E-state index in [0.29, 0.717) is 4.90 Å². The summed E-state index contributed by atoms with van der Waals surface area (Å²) in [6.07, 6.45) is 0. The molecule has 1 aromatic carbocycles. The van der Waals surface area contributed by atoms with Crippen molar-refractivity contribution in [3.05, 3.63) is 45.5 Å². The number of anilines is 3. The van der Waals surface area contributed by atoms with Crippen LogP contribution in [0.15, 0.2) is 24.3 Å². The van der Waals surface area contributed by atoms with Gasteiger partial charge < -0.3 is 11.5 Å². The van der Waals surface area contributed by atoms with Crippen LogP contribution in [-0.2, 0) is 0 Å². The number of benzene rings is 1. The van der Waals surface area contributed by atoms with Gasteiger partial charge in [-0.25, -0.2) is 4.90 Å². The Morgan fingerprint density at radius 2 is 1.59 bits per heavy atom. The quantitative estimate of drug-likeness (QED) is 0.456. The molecule has 2 aromatic rings. The molecule has 4 N–H and O–H groups in total. The smallest absolute Gasteiger partial charge is 0.270 e. The maximum Gasteiger partial charge on any atom is 0.270 e. The van der Waals surface area contributed by atoms with Gasteiger partial charge in [0.15, 0.2) is 0 Å². The molecule has 0 radical (unpaired) electrons. The third kappa shape index (κ3) is 1.90. The summed E-state index contributed by atoms with van der Waals surface area (Å²) in [5.41, 5.74) is 10.7. The molecule has 0 aliphatic carbocycles. The highest BCUT2D eigenvalue weighted by Crippen LogP contribution is 2.29. The van der Waals surface area contributed by atoms with Crippen molar-refractivity contribution in [2.24, 2.45) is 0 Å². The molecule has 0 spiro atoms. The van der Waals surface area contributed by atoms with Gasteiger partial charge in [-0.1, -0.05) is 0 Å². The van der Waals surface area contributed by atoms with Gasteiger partial charge in [0.2, 0.25) is 5.95 Å². The second kappa shape index (κ2) is 4.48. The minimum atomic E-state index is -0.770. The van der Waals surface area contributed by atoms with E-state index in [0.717, 1.165) is 12.1 Å². The average molecular weight is 300 g/mol. The lowest BCUT2D eigenvalue weighted by atomic mass is 10.1. The Kier molecular flexibility index (Phi) is 2.73. The SMILES string of the molecule is Nc1cc(N)nc(N2C(=O)c3ccc([N+](=O)[O-])cc3C2=O)n1. The van der Waals surface area contributed by atoms with Crippen LogP contribution in [0.1, 0.15) is 20.7 Å². The Labute approximate surface area is 122 Å². The first-order valence-corrected chi connectivity index (χ1v) is 5.95. The Bertz CT molecular complexity index is 829. The largest absolute Gasteiger partial charge is 0.383 e. The highest BCUT2D eigenvalue weighted by Gasteiger charge is 2.39. The van der Waals surface area contributed by atoms with E-state index in [2.05, 4.69) is 9.97 Å². The number of nitrogens with two attached hydrogens (primary N) is 2. The van der Waals surface area contributed by atoms with Gasteiger partial charge in [0.05, 0.1) is 16.1 Å². The number of carbonyl (C=O) groups is 2. The molecular weight excluding hydrogens is 292 g/mol. The summed E-state index contributed by atoms with van der Waals surface area (Å²) >= 11 is 0. The van der Waals surface area contributed by atoms with E-state index in [1.807, 2.05) is 0 Å². The van der Waals surface area contributed by atoms with Crippen molar-refractivity contribution < 1.29 is 14.5 Å². The molecule has 10 nitrogen and oxygen atoms in total. The second-order valence-electron chi connectivity index (χ2n) is 4.45. The lowest BCUT2D eigenvalue weighted by Crippen LogP contribution is -2.31. The summed E-state index contributed by atoms with van der Waals surface area (Å²) in [5, 5.41) is 10.8. The monoisotopic (exact) mass is 300 g/mol. The number of fused-ring (bicyclic) bond motifs is 1. The molecule has 0 saturated heterocycles. The molecule has 2 heterocycles. The third-order valence-electron chi connectivity index (χ3n) is 3.03. The third-order valence-corrected chi connectivity index (χ3v) is 3.03. The van der Waals surface area contributed by atoms with Crippen molar-refractivity contribution in [1.29, 1.82) is 0 Å². The summed E-state index contributed by atoms with van der Waals surface area (Å²) in [7, 11) is 0. The molecule has 0 bridgehead atoms. The van der Waals surface area contributed by atoms with Crippen molar-refractivity contribution >= 4 is 35.1 Å². The summed E-state index contributed by atoms with van der Waals surface area (Å²) in [4.78, 5) is 43.0. The Hall–Kier alpha value is -3.56.